The Balaban J connectivity index is 2.88. The fraction of sp³-hybridized carbons (Fsp3) is 0.400. The van der Waals surface area contributed by atoms with Gasteiger partial charge in [0, 0.05) is 17.5 Å². The maximum atomic E-state index is 10.5. The lowest BCUT2D eigenvalue weighted by Gasteiger charge is -2.07. The van der Waals surface area contributed by atoms with E-state index in [1.54, 1.807) is 6.07 Å². The minimum absolute atomic E-state index is 0.00590. The van der Waals surface area contributed by atoms with Crippen LogP contribution in [0, 0.1) is 10.1 Å². The van der Waals surface area contributed by atoms with Crippen molar-refractivity contribution in [3.05, 3.63) is 38.9 Å². The number of halogens is 2. The molecule has 3 nitrogen and oxygen atoms in total. The SMILES string of the molecule is CCC(Cl)Cc1ccc([N+](=O)[O-])cc1Cl. The van der Waals surface area contributed by atoms with Crippen LogP contribution in [0.15, 0.2) is 18.2 Å². The van der Waals surface area contributed by atoms with Gasteiger partial charge in [-0.05, 0) is 18.4 Å². The number of nitrogens with zero attached hydrogens (tertiary/aromatic N) is 1. The second-order valence-electron chi connectivity index (χ2n) is 3.24. The van der Waals surface area contributed by atoms with Crippen LogP contribution in [-0.2, 0) is 6.42 Å². The Morgan fingerprint density at radius 2 is 2.20 bits per heavy atom. The quantitative estimate of drug-likeness (QED) is 0.462. The predicted molar refractivity (Wildman–Crippen MR) is 61.7 cm³/mol. The van der Waals surface area contributed by atoms with Crippen molar-refractivity contribution in [3.8, 4) is 0 Å². The molecule has 1 atom stereocenters. The van der Waals surface area contributed by atoms with Crippen molar-refractivity contribution in [1.29, 1.82) is 0 Å². The number of alkyl halides is 1. The molecular weight excluding hydrogens is 237 g/mol. The van der Waals surface area contributed by atoms with E-state index < -0.39 is 4.92 Å². The first kappa shape index (κ1) is 12.3. The van der Waals surface area contributed by atoms with Crippen LogP contribution in [-0.4, -0.2) is 10.3 Å². The third kappa shape index (κ3) is 3.36. The maximum Gasteiger partial charge on any atom is 0.270 e. The van der Waals surface area contributed by atoms with Crippen LogP contribution >= 0.6 is 23.2 Å². The number of nitro groups is 1. The van der Waals surface area contributed by atoms with Gasteiger partial charge in [0.25, 0.3) is 5.69 Å². The highest BCUT2D eigenvalue weighted by atomic mass is 35.5. The second kappa shape index (κ2) is 5.33. The van der Waals surface area contributed by atoms with E-state index in [2.05, 4.69) is 0 Å². The fourth-order valence-corrected chi connectivity index (χ4v) is 1.62. The van der Waals surface area contributed by atoms with Gasteiger partial charge in [-0.3, -0.25) is 10.1 Å². The topological polar surface area (TPSA) is 43.1 Å². The molecule has 5 heteroatoms. The molecule has 0 N–H and O–H groups in total. The van der Waals surface area contributed by atoms with Crippen molar-refractivity contribution < 1.29 is 4.92 Å². The Kier molecular flexibility index (Phi) is 4.36. The monoisotopic (exact) mass is 247 g/mol. The fourth-order valence-electron chi connectivity index (χ4n) is 1.20. The van der Waals surface area contributed by atoms with Crippen LogP contribution in [0.3, 0.4) is 0 Å². The van der Waals surface area contributed by atoms with Crippen molar-refractivity contribution in [1.82, 2.24) is 0 Å². The zero-order valence-electron chi connectivity index (χ0n) is 8.24. The minimum Gasteiger partial charge on any atom is -0.258 e. The standard InChI is InChI=1S/C10H11Cl2NO2/c1-2-8(11)5-7-3-4-9(13(14)15)6-10(7)12/h3-4,6,8H,2,5H2,1H3. The van der Waals surface area contributed by atoms with E-state index in [1.165, 1.54) is 12.1 Å². The smallest absolute Gasteiger partial charge is 0.258 e. The highest BCUT2D eigenvalue weighted by Gasteiger charge is 2.11. The molecule has 15 heavy (non-hydrogen) atoms. The van der Waals surface area contributed by atoms with Gasteiger partial charge in [-0.1, -0.05) is 24.6 Å². The van der Waals surface area contributed by atoms with Gasteiger partial charge in [0.05, 0.1) is 9.95 Å². The normalized spacial score (nSPS) is 12.5. The number of hydrogen-bond donors (Lipinski definition) is 0. The summed E-state index contributed by atoms with van der Waals surface area (Å²) in [5, 5.41) is 10.9. The molecule has 1 aromatic carbocycles. The molecule has 0 bridgehead atoms. The van der Waals surface area contributed by atoms with Gasteiger partial charge in [-0.15, -0.1) is 11.6 Å². The summed E-state index contributed by atoms with van der Waals surface area (Å²) in [6, 6.07) is 4.46. The van der Waals surface area contributed by atoms with Gasteiger partial charge in [0.15, 0.2) is 0 Å². The molecule has 0 aliphatic rings. The zero-order chi connectivity index (χ0) is 11.4. The molecule has 0 heterocycles. The molecule has 0 fully saturated rings. The average molecular weight is 248 g/mol. The van der Waals surface area contributed by atoms with Gasteiger partial charge in [0.1, 0.15) is 0 Å². The van der Waals surface area contributed by atoms with E-state index in [-0.39, 0.29) is 11.1 Å². The summed E-state index contributed by atoms with van der Waals surface area (Å²) in [5.74, 6) is 0. The number of rotatable bonds is 4. The highest BCUT2D eigenvalue weighted by Crippen LogP contribution is 2.24. The third-order valence-electron chi connectivity index (χ3n) is 2.13. The molecule has 1 aromatic rings. The van der Waals surface area contributed by atoms with E-state index in [9.17, 15) is 10.1 Å². The summed E-state index contributed by atoms with van der Waals surface area (Å²) in [7, 11) is 0. The second-order valence-corrected chi connectivity index (χ2v) is 4.27. The molecule has 0 aromatic heterocycles. The van der Waals surface area contributed by atoms with E-state index in [0.717, 1.165) is 12.0 Å². The van der Waals surface area contributed by atoms with Crippen molar-refractivity contribution >= 4 is 28.9 Å². The van der Waals surface area contributed by atoms with Crippen molar-refractivity contribution in [2.24, 2.45) is 0 Å². The molecule has 82 valence electrons. The average Bonchev–Trinajstić information content (AvgIpc) is 2.20. The molecule has 1 unspecified atom stereocenters. The van der Waals surface area contributed by atoms with E-state index in [4.69, 9.17) is 23.2 Å². The largest absolute Gasteiger partial charge is 0.270 e. The van der Waals surface area contributed by atoms with Crippen LogP contribution in [0.25, 0.3) is 0 Å². The first-order chi connectivity index (χ1) is 7.04. The molecule has 0 amide bonds. The summed E-state index contributed by atoms with van der Waals surface area (Å²) < 4.78 is 0. The predicted octanol–water partition coefficient (Wildman–Crippen LogP) is 3.81. The Labute approximate surface area is 98.2 Å². The van der Waals surface area contributed by atoms with E-state index in [1.807, 2.05) is 6.92 Å². The Morgan fingerprint density at radius 3 is 2.67 bits per heavy atom. The summed E-state index contributed by atoms with van der Waals surface area (Å²) in [6.45, 7) is 1.98. The van der Waals surface area contributed by atoms with Crippen LogP contribution in [0.4, 0.5) is 5.69 Å². The number of benzene rings is 1. The summed E-state index contributed by atoms with van der Waals surface area (Å²) in [6.07, 6.45) is 1.48. The lowest BCUT2D eigenvalue weighted by atomic mass is 10.1. The molecule has 0 radical (unpaired) electrons. The van der Waals surface area contributed by atoms with Gasteiger partial charge in [-0.2, -0.15) is 0 Å². The molecule has 0 saturated heterocycles. The first-order valence-electron chi connectivity index (χ1n) is 4.61. The van der Waals surface area contributed by atoms with Gasteiger partial charge < -0.3 is 0 Å². The van der Waals surface area contributed by atoms with Crippen LogP contribution < -0.4 is 0 Å². The number of hydrogen-bond acceptors (Lipinski definition) is 2. The molecule has 0 aliphatic carbocycles. The van der Waals surface area contributed by atoms with Gasteiger partial charge in [-0.25, -0.2) is 0 Å². The van der Waals surface area contributed by atoms with Crippen LogP contribution in [0.5, 0.6) is 0 Å². The van der Waals surface area contributed by atoms with Crippen LogP contribution in [0.2, 0.25) is 5.02 Å². The highest BCUT2D eigenvalue weighted by molar-refractivity contribution is 6.31. The molecule has 0 saturated carbocycles. The van der Waals surface area contributed by atoms with E-state index in [0.29, 0.717) is 11.4 Å². The number of non-ortho nitro benzene ring substituents is 1. The van der Waals surface area contributed by atoms with E-state index >= 15 is 0 Å². The van der Waals surface area contributed by atoms with Crippen molar-refractivity contribution in [3.63, 3.8) is 0 Å². The van der Waals surface area contributed by atoms with Crippen LogP contribution in [0.1, 0.15) is 18.9 Å². The molecule has 0 aliphatic heterocycles. The summed E-state index contributed by atoms with van der Waals surface area (Å²) in [4.78, 5) is 10.00. The lowest BCUT2D eigenvalue weighted by Crippen LogP contribution is -2.02. The van der Waals surface area contributed by atoms with Crippen molar-refractivity contribution in [2.75, 3.05) is 0 Å². The lowest BCUT2D eigenvalue weighted by molar-refractivity contribution is -0.384. The third-order valence-corrected chi connectivity index (χ3v) is 2.95. The molecule has 0 spiro atoms. The molecular formula is C10H11Cl2NO2. The zero-order valence-corrected chi connectivity index (χ0v) is 9.76. The molecule has 1 rings (SSSR count). The number of nitro benzene ring substituents is 1. The van der Waals surface area contributed by atoms with Gasteiger partial charge >= 0.3 is 0 Å². The van der Waals surface area contributed by atoms with Crippen molar-refractivity contribution in [2.45, 2.75) is 25.1 Å². The van der Waals surface area contributed by atoms with Gasteiger partial charge in [0.2, 0.25) is 0 Å². The minimum atomic E-state index is -0.465. The Morgan fingerprint density at radius 1 is 1.53 bits per heavy atom. The summed E-state index contributed by atoms with van der Waals surface area (Å²) in [5.41, 5.74) is 0.857. The summed E-state index contributed by atoms with van der Waals surface area (Å²) >= 11 is 11.9. The Bertz CT molecular complexity index is 368. The Hall–Kier alpha value is -0.800. The first-order valence-corrected chi connectivity index (χ1v) is 5.43. The maximum absolute atomic E-state index is 10.5.